The molecular formula is C26H21F2N3O5. The molecule has 1 saturated heterocycles. The Bertz CT molecular complexity index is 1520. The number of carboxylic acids is 1. The number of carboxylic acid groups (broad SMARTS) is 1. The summed E-state index contributed by atoms with van der Waals surface area (Å²) < 4.78 is 37.1. The summed E-state index contributed by atoms with van der Waals surface area (Å²) in [7, 11) is 0. The summed E-state index contributed by atoms with van der Waals surface area (Å²) in [6.07, 6.45) is 4.14. The first-order chi connectivity index (χ1) is 17.3. The molecule has 2 aromatic heterocycles. The third kappa shape index (κ3) is 4.21. The van der Waals surface area contributed by atoms with Crippen LogP contribution in [-0.4, -0.2) is 44.9 Å². The average Bonchev–Trinajstić information content (AvgIpc) is 3.32. The highest BCUT2D eigenvalue weighted by Gasteiger charge is 2.29. The number of hydrogen-bond acceptors (Lipinski definition) is 6. The molecule has 1 aliphatic rings. The van der Waals surface area contributed by atoms with Crippen LogP contribution in [0.1, 0.15) is 23.2 Å². The van der Waals surface area contributed by atoms with E-state index >= 15 is 4.39 Å². The van der Waals surface area contributed by atoms with Crippen LogP contribution in [0.4, 0.5) is 14.5 Å². The highest BCUT2D eigenvalue weighted by molar-refractivity contribution is 5.94. The van der Waals surface area contributed by atoms with Crippen molar-refractivity contribution in [2.45, 2.75) is 18.9 Å². The molecule has 0 bridgehead atoms. The molecule has 8 nitrogen and oxygen atoms in total. The fraction of sp³-hybridized carbons (Fsp3) is 0.192. The van der Waals surface area contributed by atoms with Crippen LogP contribution in [0.2, 0.25) is 0 Å². The number of carbonyl (C=O) groups is 1. The Morgan fingerprint density at radius 3 is 2.64 bits per heavy atom. The van der Waals surface area contributed by atoms with Crippen LogP contribution in [0, 0.1) is 11.6 Å². The molecule has 0 saturated carbocycles. The van der Waals surface area contributed by atoms with Crippen molar-refractivity contribution in [1.82, 2.24) is 9.55 Å². The Morgan fingerprint density at radius 2 is 1.92 bits per heavy atom. The van der Waals surface area contributed by atoms with E-state index in [0.717, 1.165) is 31.2 Å². The predicted octanol–water partition coefficient (Wildman–Crippen LogP) is 4.12. The van der Waals surface area contributed by atoms with E-state index in [2.05, 4.69) is 4.98 Å². The van der Waals surface area contributed by atoms with Gasteiger partial charge >= 0.3 is 5.97 Å². The maximum atomic E-state index is 15.4. The minimum Gasteiger partial charge on any atom is -0.508 e. The molecule has 0 spiro atoms. The van der Waals surface area contributed by atoms with Gasteiger partial charge in [-0.1, -0.05) is 6.07 Å². The SMILES string of the molecule is O=C(O)c1cn(-c2ccc(O)cc2F)c2cc(N3CCC[C@@H]3COc3ccccn3)c(F)cc2c1=O. The van der Waals surface area contributed by atoms with E-state index in [1.807, 2.05) is 4.90 Å². The maximum Gasteiger partial charge on any atom is 0.341 e. The molecule has 2 N–H and O–H groups in total. The molecule has 0 aliphatic carbocycles. The van der Waals surface area contributed by atoms with Crippen molar-refractivity contribution >= 4 is 22.6 Å². The molecule has 1 aliphatic heterocycles. The molecule has 0 radical (unpaired) electrons. The van der Waals surface area contributed by atoms with Crippen LogP contribution in [0.15, 0.2) is 65.7 Å². The zero-order chi connectivity index (χ0) is 25.4. The van der Waals surface area contributed by atoms with Crippen LogP contribution < -0.4 is 15.1 Å². The first-order valence-corrected chi connectivity index (χ1v) is 11.2. The van der Waals surface area contributed by atoms with Gasteiger partial charge < -0.3 is 24.4 Å². The Hall–Kier alpha value is -4.47. The fourth-order valence-electron chi connectivity index (χ4n) is 4.54. The highest BCUT2D eigenvalue weighted by Crippen LogP contribution is 2.33. The van der Waals surface area contributed by atoms with E-state index in [-0.39, 0.29) is 40.7 Å². The lowest BCUT2D eigenvalue weighted by molar-refractivity contribution is 0.0695. The van der Waals surface area contributed by atoms with E-state index in [1.165, 1.54) is 22.8 Å². The molecule has 3 heterocycles. The van der Waals surface area contributed by atoms with E-state index in [1.54, 1.807) is 24.4 Å². The van der Waals surface area contributed by atoms with Crippen LogP contribution in [0.3, 0.4) is 0 Å². The third-order valence-electron chi connectivity index (χ3n) is 6.24. The smallest absolute Gasteiger partial charge is 0.341 e. The molecular weight excluding hydrogens is 472 g/mol. The molecule has 4 aromatic rings. The van der Waals surface area contributed by atoms with Gasteiger partial charge in [-0.25, -0.2) is 18.6 Å². The van der Waals surface area contributed by atoms with Gasteiger partial charge in [-0.05, 0) is 43.2 Å². The number of ether oxygens (including phenoxy) is 1. The average molecular weight is 493 g/mol. The van der Waals surface area contributed by atoms with Gasteiger partial charge in [0, 0.05) is 36.5 Å². The second kappa shape index (κ2) is 9.29. The van der Waals surface area contributed by atoms with Crippen molar-refractivity contribution in [2.24, 2.45) is 0 Å². The van der Waals surface area contributed by atoms with Gasteiger partial charge in [-0.3, -0.25) is 4.79 Å². The number of pyridine rings is 2. The van der Waals surface area contributed by atoms with Crippen molar-refractivity contribution in [1.29, 1.82) is 0 Å². The van der Waals surface area contributed by atoms with Crippen molar-refractivity contribution < 1.29 is 28.5 Å². The van der Waals surface area contributed by atoms with Gasteiger partial charge in [0.25, 0.3) is 0 Å². The third-order valence-corrected chi connectivity index (χ3v) is 6.24. The van der Waals surface area contributed by atoms with Gasteiger partial charge in [0.15, 0.2) is 5.82 Å². The van der Waals surface area contributed by atoms with Gasteiger partial charge in [-0.15, -0.1) is 0 Å². The number of aromatic carboxylic acids is 1. The number of rotatable bonds is 6. The molecule has 36 heavy (non-hydrogen) atoms. The predicted molar refractivity (Wildman–Crippen MR) is 128 cm³/mol. The molecule has 5 rings (SSSR count). The van der Waals surface area contributed by atoms with E-state index < -0.39 is 28.6 Å². The van der Waals surface area contributed by atoms with Crippen molar-refractivity contribution in [3.63, 3.8) is 0 Å². The zero-order valence-electron chi connectivity index (χ0n) is 18.9. The largest absolute Gasteiger partial charge is 0.508 e. The van der Waals surface area contributed by atoms with E-state index in [4.69, 9.17) is 4.74 Å². The lowest BCUT2D eigenvalue weighted by atomic mass is 10.1. The number of hydrogen-bond donors (Lipinski definition) is 2. The zero-order valence-corrected chi connectivity index (χ0v) is 18.9. The summed E-state index contributed by atoms with van der Waals surface area (Å²) in [4.78, 5) is 30.5. The Kier molecular flexibility index (Phi) is 6.01. The van der Waals surface area contributed by atoms with E-state index in [9.17, 15) is 24.2 Å². The minimum atomic E-state index is -1.52. The minimum absolute atomic E-state index is 0.102. The highest BCUT2D eigenvalue weighted by atomic mass is 19.1. The summed E-state index contributed by atoms with van der Waals surface area (Å²) in [6.45, 7) is 0.787. The molecule has 0 amide bonds. The monoisotopic (exact) mass is 493 g/mol. The number of aromatic nitrogens is 2. The van der Waals surface area contributed by atoms with Crippen molar-refractivity contribution in [3.8, 4) is 17.3 Å². The number of nitrogens with zero attached hydrogens (tertiary/aromatic N) is 3. The van der Waals surface area contributed by atoms with E-state index in [0.29, 0.717) is 12.4 Å². The number of anilines is 1. The Balaban J connectivity index is 1.63. The summed E-state index contributed by atoms with van der Waals surface area (Å²) in [5, 5.41) is 18.9. The second-order valence-corrected chi connectivity index (χ2v) is 8.47. The van der Waals surface area contributed by atoms with Gasteiger partial charge in [0.05, 0.1) is 22.9 Å². The molecule has 10 heteroatoms. The Labute approximate surface area is 203 Å². The first kappa shape index (κ1) is 23.3. The quantitative estimate of drug-likeness (QED) is 0.416. The van der Waals surface area contributed by atoms with Gasteiger partial charge in [0.2, 0.25) is 11.3 Å². The van der Waals surface area contributed by atoms with Crippen LogP contribution in [0.25, 0.3) is 16.6 Å². The number of phenols is 1. The van der Waals surface area contributed by atoms with Crippen LogP contribution in [-0.2, 0) is 0 Å². The molecule has 184 valence electrons. The van der Waals surface area contributed by atoms with Gasteiger partial charge in [-0.2, -0.15) is 0 Å². The number of phenolic OH excluding ortho intramolecular Hbond substituents is 1. The molecule has 1 fully saturated rings. The standard InChI is InChI=1S/C26H21F2N3O5/c27-19-10-16(32)6-7-21(19)31-13-18(26(34)35)25(33)17-11-20(28)23(12-22(17)31)30-9-3-4-15(30)14-36-24-5-1-2-8-29-24/h1-2,5-8,10-13,15,32H,3-4,9,14H2,(H,34,35)/t15-/m1/s1. The summed E-state index contributed by atoms with van der Waals surface area (Å²) in [5.74, 6) is -2.94. The lowest BCUT2D eigenvalue weighted by Crippen LogP contribution is -2.35. The number of benzene rings is 2. The fourth-order valence-corrected chi connectivity index (χ4v) is 4.54. The number of halogens is 2. The summed E-state index contributed by atoms with van der Waals surface area (Å²) in [5.41, 5.74) is -1.30. The maximum absolute atomic E-state index is 15.4. The number of fused-ring (bicyclic) bond motifs is 1. The molecule has 2 aromatic carbocycles. The summed E-state index contributed by atoms with van der Waals surface area (Å²) in [6, 6.07) is 10.9. The topological polar surface area (TPSA) is 105 Å². The first-order valence-electron chi connectivity index (χ1n) is 11.2. The van der Waals surface area contributed by atoms with Crippen LogP contribution in [0.5, 0.6) is 11.6 Å². The molecule has 1 atom stereocenters. The van der Waals surface area contributed by atoms with Crippen molar-refractivity contribution in [2.75, 3.05) is 18.1 Å². The van der Waals surface area contributed by atoms with Gasteiger partial charge in [0.1, 0.15) is 23.7 Å². The lowest BCUT2D eigenvalue weighted by Gasteiger charge is -2.27. The number of aromatic hydroxyl groups is 1. The second-order valence-electron chi connectivity index (χ2n) is 8.47. The Morgan fingerprint density at radius 1 is 1.11 bits per heavy atom. The van der Waals surface area contributed by atoms with Crippen LogP contribution >= 0.6 is 0 Å². The van der Waals surface area contributed by atoms with Crippen molar-refractivity contribution in [3.05, 3.63) is 88.3 Å². The molecule has 0 unspecified atom stereocenters. The summed E-state index contributed by atoms with van der Waals surface area (Å²) >= 11 is 0. The normalized spacial score (nSPS) is 15.4.